The van der Waals surface area contributed by atoms with Crippen molar-refractivity contribution in [3.05, 3.63) is 35.6 Å². The fourth-order valence-electron chi connectivity index (χ4n) is 1.51. The van der Waals surface area contributed by atoms with Crippen molar-refractivity contribution in [2.24, 2.45) is 4.99 Å². The minimum Gasteiger partial charge on any atom is -0.293 e. The standard InChI is InChI=1S/C10H12FN3/c1-7-12-10(14(2)13-7)8-3-5-9(11)6-4-8/h3-7,13H,1-2H3. The van der Waals surface area contributed by atoms with Crippen LogP contribution in [0.25, 0.3) is 0 Å². The largest absolute Gasteiger partial charge is 0.293 e. The molecule has 14 heavy (non-hydrogen) atoms. The average molecular weight is 193 g/mol. The molecule has 0 spiro atoms. The number of aliphatic imine (C=N–C) groups is 1. The molecule has 0 amide bonds. The van der Waals surface area contributed by atoms with Crippen LogP contribution in [0.4, 0.5) is 4.39 Å². The summed E-state index contributed by atoms with van der Waals surface area (Å²) in [4.78, 5) is 4.38. The number of halogens is 1. The van der Waals surface area contributed by atoms with E-state index in [0.29, 0.717) is 0 Å². The third kappa shape index (κ3) is 1.61. The van der Waals surface area contributed by atoms with E-state index >= 15 is 0 Å². The van der Waals surface area contributed by atoms with Gasteiger partial charge >= 0.3 is 0 Å². The topological polar surface area (TPSA) is 27.6 Å². The molecule has 0 aliphatic carbocycles. The fraction of sp³-hybridized carbons (Fsp3) is 0.300. The summed E-state index contributed by atoms with van der Waals surface area (Å²) >= 11 is 0. The van der Waals surface area contributed by atoms with Gasteiger partial charge in [0.05, 0.1) is 0 Å². The number of hydrazine groups is 1. The number of benzene rings is 1. The van der Waals surface area contributed by atoms with E-state index in [1.54, 1.807) is 12.1 Å². The Morgan fingerprint density at radius 2 is 2.00 bits per heavy atom. The van der Waals surface area contributed by atoms with Crippen LogP contribution < -0.4 is 5.43 Å². The van der Waals surface area contributed by atoms with Crippen LogP contribution in [-0.2, 0) is 0 Å². The summed E-state index contributed by atoms with van der Waals surface area (Å²) in [5.74, 6) is 0.619. The van der Waals surface area contributed by atoms with Crippen molar-refractivity contribution in [1.29, 1.82) is 0 Å². The van der Waals surface area contributed by atoms with Gasteiger partial charge in [-0.1, -0.05) is 0 Å². The maximum absolute atomic E-state index is 12.7. The van der Waals surface area contributed by atoms with E-state index in [4.69, 9.17) is 0 Å². The van der Waals surface area contributed by atoms with E-state index < -0.39 is 0 Å². The van der Waals surface area contributed by atoms with Crippen LogP contribution in [-0.4, -0.2) is 24.1 Å². The predicted molar refractivity (Wildman–Crippen MR) is 53.3 cm³/mol. The monoisotopic (exact) mass is 193 g/mol. The molecule has 0 saturated heterocycles. The maximum atomic E-state index is 12.7. The Kier molecular flexibility index (Phi) is 2.21. The Labute approximate surface area is 82.2 Å². The quantitative estimate of drug-likeness (QED) is 0.729. The molecule has 0 aromatic heterocycles. The Morgan fingerprint density at radius 3 is 2.50 bits per heavy atom. The molecule has 0 saturated carbocycles. The Balaban J connectivity index is 2.31. The molecule has 1 heterocycles. The summed E-state index contributed by atoms with van der Waals surface area (Å²) in [5, 5.41) is 1.85. The molecule has 0 fully saturated rings. The van der Waals surface area contributed by atoms with E-state index in [0.717, 1.165) is 11.4 Å². The average Bonchev–Trinajstić information content (AvgIpc) is 2.47. The highest BCUT2D eigenvalue weighted by atomic mass is 19.1. The molecule has 2 rings (SSSR count). The molecule has 0 bridgehead atoms. The highest BCUT2D eigenvalue weighted by molar-refractivity contribution is 5.99. The van der Waals surface area contributed by atoms with Gasteiger partial charge < -0.3 is 0 Å². The summed E-state index contributed by atoms with van der Waals surface area (Å²) in [6.07, 6.45) is 0.0834. The second-order valence-corrected chi connectivity index (χ2v) is 3.32. The number of nitrogens with one attached hydrogen (secondary N) is 1. The van der Waals surface area contributed by atoms with E-state index in [9.17, 15) is 4.39 Å². The molecule has 1 aromatic carbocycles. The van der Waals surface area contributed by atoms with Gasteiger partial charge in [-0.05, 0) is 31.2 Å². The Bertz CT molecular complexity index is 358. The first-order valence-electron chi connectivity index (χ1n) is 4.50. The second kappa shape index (κ2) is 3.38. The number of hydrogen-bond donors (Lipinski definition) is 1. The van der Waals surface area contributed by atoms with Crippen molar-refractivity contribution >= 4 is 5.84 Å². The van der Waals surface area contributed by atoms with Gasteiger partial charge in [0, 0.05) is 12.6 Å². The fourth-order valence-corrected chi connectivity index (χ4v) is 1.51. The first-order chi connectivity index (χ1) is 6.66. The van der Waals surface area contributed by atoms with Gasteiger partial charge in [-0.2, -0.15) is 0 Å². The summed E-state index contributed by atoms with van der Waals surface area (Å²) in [5.41, 5.74) is 4.04. The molecule has 0 radical (unpaired) electrons. The first kappa shape index (κ1) is 9.15. The molecule has 1 unspecified atom stereocenters. The third-order valence-electron chi connectivity index (χ3n) is 2.12. The molecule has 1 aliphatic rings. The zero-order valence-corrected chi connectivity index (χ0v) is 8.16. The zero-order valence-electron chi connectivity index (χ0n) is 8.16. The number of amidine groups is 1. The van der Waals surface area contributed by atoms with Crippen LogP contribution in [0, 0.1) is 5.82 Å². The van der Waals surface area contributed by atoms with E-state index in [1.807, 2.05) is 19.0 Å². The van der Waals surface area contributed by atoms with E-state index in [-0.39, 0.29) is 12.0 Å². The Hall–Kier alpha value is -1.42. The van der Waals surface area contributed by atoms with Gasteiger partial charge in [0.1, 0.15) is 17.8 Å². The maximum Gasteiger partial charge on any atom is 0.146 e. The lowest BCUT2D eigenvalue weighted by molar-refractivity contribution is 0.362. The van der Waals surface area contributed by atoms with Crippen LogP contribution >= 0.6 is 0 Å². The number of nitrogens with zero attached hydrogens (tertiary/aromatic N) is 2. The number of rotatable bonds is 1. The van der Waals surface area contributed by atoms with Crippen molar-refractivity contribution in [1.82, 2.24) is 10.4 Å². The summed E-state index contributed by atoms with van der Waals surface area (Å²) < 4.78 is 12.7. The lowest BCUT2D eigenvalue weighted by Crippen LogP contribution is -2.36. The molecule has 1 aromatic rings. The smallest absolute Gasteiger partial charge is 0.146 e. The van der Waals surface area contributed by atoms with Crippen LogP contribution in [0.1, 0.15) is 12.5 Å². The summed E-state index contributed by atoms with van der Waals surface area (Å²) in [6, 6.07) is 6.33. The minimum atomic E-state index is -0.226. The zero-order chi connectivity index (χ0) is 10.1. The van der Waals surface area contributed by atoms with Crippen molar-refractivity contribution < 1.29 is 4.39 Å². The van der Waals surface area contributed by atoms with Crippen molar-refractivity contribution in [2.45, 2.75) is 13.1 Å². The molecule has 1 N–H and O–H groups in total. The second-order valence-electron chi connectivity index (χ2n) is 3.32. The highest BCUT2D eigenvalue weighted by Gasteiger charge is 2.18. The van der Waals surface area contributed by atoms with Crippen molar-refractivity contribution in [2.75, 3.05) is 7.05 Å². The summed E-state index contributed by atoms with van der Waals surface area (Å²) in [6.45, 7) is 1.97. The molecule has 74 valence electrons. The van der Waals surface area contributed by atoms with E-state index in [1.165, 1.54) is 12.1 Å². The van der Waals surface area contributed by atoms with Gasteiger partial charge in [-0.15, -0.1) is 0 Å². The lowest BCUT2D eigenvalue weighted by atomic mass is 10.2. The van der Waals surface area contributed by atoms with Gasteiger partial charge in [-0.3, -0.25) is 5.01 Å². The molecule has 1 atom stereocenters. The van der Waals surface area contributed by atoms with Crippen LogP contribution in [0.2, 0.25) is 0 Å². The first-order valence-corrected chi connectivity index (χ1v) is 4.50. The predicted octanol–water partition coefficient (Wildman–Crippen LogP) is 1.37. The minimum absolute atomic E-state index is 0.0834. The SMILES string of the molecule is CC1N=C(c2ccc(F)cc2)N(C)N1. The van der Waals surface area contributed by atoms with E-state index in [2.05, 4.69) is 10.4 Å². The molecular weight excluding hydrogens is 181 g/mol. The number of hydrogen-bond acceptors (Lipinski definition) is 3. The van der Waals surface area contributed by atoms with Gasteiger partial charge in [0.25, 0.3) is 0 Å². The van der Waals surface area contributed by atoms with Crippen molar-refractivity contribution in [3.63, 3.8) is 0 Å². The lowest BCUT2D eigenvalue weighted by Gasteiger charge is -2.14. The molecule has 4 heteroatoms. The normalized spacial score (nSPS) is 21.2. The van der Waals surface area contributed by atoms with Gasteiger partial charge in [0.15, 0.2) is 0 Å². The van der Waals surface area contributed by atoms with Crippen molar-refractivity contribution in [3.8, 4) is 0 Å². The Morgan fingerprint density at radius 1 is 1.36 bits per heavy atom. The van der Waals surface area contributed by atoms with Gasteiger partial charge in [-0.25, -0.2) is 14.8 Å². The molecule has 1 aliphatic heterocycles. The van der Waals surface area contributed by atoms with Gasteiger partial charge in [0.2, 0.25) is 0 Å². The van der Waals surface area contributed by atoms with Crippen LogP contribution in [0.15, 0.2) is 29.3 Å². The molecular formula is C10H12FN3. The van der Waals surface area contributed by atoms with Crippen LogP contribution in [0.3, 0.4) is 0 Å². The van der Waals surface area contributed by atoms with Crippen LogP contribution in [0.5, 0.6) is 0 Å². The summed E-state index contributed by atoms with van der Waals surface area (Å²) in [7, 11) is 1.89. The highest BCUT2D eigenvalue weighted by Crippen LogP contribution is 2.10. The molecule has 3 nitrogen and oxygen atoms in total. The third-order valence-corrected chi connectivity index (χ3v) is 2.12.